The second-order valence-electron chi connectivity index (χ2n) is 18.2. The van der Waals surface area contributed by atoms with Gasteiger partial charge < -0.3 is 49.3 Å². The lowest BCUT2D eigenvalue weighted by molar-refractivity contribution is -0.138. The monoisotopic (exact) mass is 878 g/mol. The summed E-state index contributed by atoms with van der Waals surface area (Å²) in [4.78, 5) is 73.8. The number of ether oxygens (including phenoxy) is 4. The molecule has 2 aromatic carbocycles. The number of likely N-dealkylation sites (tertiary alicyclic amines) is 1. The minimum Gasteiger partial charge on any atom is -0.453 e. The third kappa shape index (κ3) is 7.14. The molecule has 12 rings (SSSR count). The number of rotatable bonds is 11. The van der Waals surface area contributed by atoms with Gasteiger partial charge in [-0.1, -0.05) is 60.1 Å². The predicted octanol–water partition coefficient (Wildman–Crippen LogP) is 5.88. The summed E-state index contributed by atoms with van der Waals surface area (Å²) in [7, 11) is 2.63. The number of aromatic amines is 2. The maximum atomic E-state index is 14.3. The molecule has 10 atom stereocenters. The SMILES string of the molecule is COC(=O)N[C@H](C(=O)N1C2C3C([C@@H]32)[C@H]1c1nc(-c2ccc(-c3ccc(-c4cnc([C@@H]5C[C@H]6C[C@H]6N5C(=O)[C@@H](NC(=O)OC)C5CCOCC5)[nH]4)cc3)cc2)c(Cl)[nH]1)C1CCOCC1. The zero-order chi connectivity index (χ0) is 43.1. The molecule has 2 aromatic heterocycles. The summed E-state index contributed by atoms with van der Waals surface area (Å²) in [5, 5.41) is 6.11. The van der Waals surface area contributed by atoms with E-state index < -0.39 is 24.3 Å². The Morgan fingerprint density at radius 1 is 0.714 bits per heavy atom. The van der Waals surface area contributed by atoms with Gasteiger partial charge in [0.2, 0.25) is 11.8 Å². The number of nitrogens with zero attached hydrogens (tertiary/aromatic N) is 4. The van der Waals surface area contributed by atoms with E-state index in [1.807, 2.05) is 40.3 Å². The standard InChI is InChI=1S/C46H51ClN8O8/c1-60-45(58)51-36(26-11-15-62-16-12-26)43(56)54-30-19-28(30)20-31(54)41-48-21-29(49-41)24-7-3-22(4-8-24)23-5-9-25(10-6-23)35-40(47)53-42(50-35)39-34-32-33(34)38(32)55(39)44(57)37(52-46(59)61-2)27-13-17-63-18-14-27/h3-10,21,26-28,30-34,36-39H,11-20H2,1-2H3,(H,48,49)(H,50,53)(H,51,58)(H,52,59)/t28-,30-,31+,32-,33?,34?,36+,37+,38?,39+/m1/s1. The van der Waals surface area contributed by atoms with Crippen LogP contribution in [0.1, 0.15) is 62.3 Å². The number of imidazole rings is 2. The number of carbonyl (C=O) groups excluding carboxylic acids is 4. The Labute approximate surface area is 369 Å². The first kappa shape index (κ1) is 40.3. The molecule has 8 fully saturated rings. The molecule has 3 aliphatic carbocycles. The Hall–Kier alpha value is -5.45. The van der Waals surface area contributed by atoms with Crippen molar-refractivity contribution in [1.29, 1.82) is 0 Å². The highest BCUT2D eigenvalue weighted by atomic mass is 35.5. The minimum atomic E-state index is -0.698. The number of halogens is 1. The fraction of sp³-hybridized carbons (Fsp3) is 0.522. The van der Waals surface area contributed by atoms with Gasteiger partial charge in [0.05, 0.1) is 38.2 Å². The van der Waals surface area contributed by atoms with Crippen molar-refractivity contribution in [3.63, 3.8) is 0 Å². The molecule has 0 spiro atoms. The molecule has 7 heterocycles. The molecule has 63 heavy (non-hydrogen) atoms. The van der Waals surface area contributed by atoms with Gasteiger partial charge in [0.25, 0.3) is 0 Å². The zero-order valence-corrected chi connectivity index (χ0v) is 35.9. The maximum absolute atomic E-state index is 14.3. The number of hydrogen-bond acceptors (Lipinski definition) is 10. The number of carbonyl (C=O) groups is 4. The molecule has 8 aliphatic rings. The van der Waals surface area contributed by atoms with Crippen LogP contribution in [0.4, 0.5) is 9.59 Å². The number of H-pyrrole nitrogens is 2. The van der Waals surface area contributed by atoms with Crippen LogP contribution in [-0.4, -0.2) is 119 Å². The zero-order valence-electron chi connectivity index (χ0n) is 35.1. The normalized spacial score (nSPS) is 29.0. The Morgan fingerprint density at radius 2 is 1.25 bits per heavy atom. The number of benzene rings is 2. The average molecular weight is 879 g/mol. The lowest BCUT2D eigenvalue weighted by atomic mass is 9.90. The number of fused-ring (bicyclic) bond motifs is 2. The van der Waals surface area contributed by atoms with Crippen molar-refractivity contribution in [1.82, 2.24) is 40.4 Å². The molecule has 3 saturated carbocycles. The molecule has 4 aromatic rings. The molecule has 5 saturated heterocycles. The van der Waals surface area contributed by atoms with E-state index in [1.165, 1.54) is 14.2 Å². The molecule has 16 nitrogen and oxygen atoms in total. The van der Waals surface area contributed by atoms with Crippen LogP contribution in [0.15, 0.2) is 54.7 Å². The summed E-state index contributed by atoms with van der Waals surface area (Å²) in [6.07, 6.45) is 5.16. The second kappa shape index (κ2) is 16.0. The number of nitrogens with one attached hydrogen (secondary N) is 4. The molecule has 4 N–H and O–H groups in total. The van der Waals surface area contributed by atoms with Crippen molar-refractivity contribution >= 4 is 35.6 Å². The second-order valence-corrected chi connectivity index (χ2v) is 18.6. The fourth-order valence-electron chi connectivity index (χ4n) is 11.4. The van der Waals surface area contributed by atoms with Crippen LogP contribution >= 0.6 is 11.6 Å². The summed E-state index contributed by atoms with van der Waals surface area (Å²) in [5.74, 6) is 2.88. The van der Waals surface area contributed by atoms with E-state index in [-0.39, 0.29) is 47.8 Å². The van der Waals surface area contributed by atoms with Crippen molar-refractivity contribution in [2.45, 2.75) is 74.8 Å². The Balaban J connectivity index is 0.771. The van der Waals surface area contributed by atoms with Crippen LogP contribution in [0.2, 0.25) is 5.15 Å². The van der Waals surface area contributed by atoms with Crippen molar-refractivity contribution in [3.8, 4) is 33.6 Å². The van der Waals surface area contributed by atoms with Crippen molar-refractivity contribution in [2.24, 2.45) is 35.5 Å². The number of aromatic nitrogens is 4. The summed E-state index contributed by atoms with van der Waals surface area (Å²) in [6.45, 7) is 2.22. The van der Waals surface area contributed by atoms with Gasteiger partial charge in [-0.15, -0.1) is 0 Å². The lowest BCUT2D eigenvalue weighted by Gasteiger charge is -2.35. The first-order chi connectivity index (χ1) is 30.7. The topological polar surface area (TPSA) is 193 Å². The lowest BCUT2D eigenvalue weighted by Crippen LogP contribution is -2.54. The van der Waals surface area contributed by atoms with E-state index in [2.05, 4.69) is 44.9 Å². The minimum absolute atomic E-state index is 0.0275. The number of alkyl carbamates (subject to hydrolysis) is 2. The smallest absolute Gasteiger partial charge is 0.407 e. The molecule has 4 amide bonds. The molecule has 2 bridgehead atoms. The number of amides is 4. The van der Waals surface area contributed by atoms with Gasteiger partial charge in [-0.3, -0.25) is 9.59 Å². The Morgan fingerprint density at radius 3 is 1.83 bits per heavy atom. The summed E-state index contributed by atoms with van der Waals surface area (Å²) in [5.41, 5.74) is 5.37. The van der Waals surface area contributed by atoms with E-state index in [0.29, 0.717) is 92.5 Å². The quantitative estimate of drug-likeness (QED) is 0.142. The van der Waals surface area contributed by atoms with E-state index in [0.717, 1.165) is 46.6 Å². The van der Waals surface area contributed by atoms with Gasteiger partial charge in [0.15, 0.2) is 0 Å². The van der Waals surface area contributed by atoms with Crippen LogP contribution in [0.25, 0.3) is 33.6 Å². The first-order valence-electron chi connectivity index (χ1n) is 22.2. The third-order valence-electron chi connectivity index (χ3n) is 14.9. The van der Waals surface area contributed by atoms with Gasteiger partial charge in [-0.05, 0) is 90.7 Å². The molecular weight excluding hydrogens is 828 g/mol. The van der Waals surface area contributed by atoms with Crippen LogP contribution in [-0.2, 0) is 28.5 Å². The highest BCUT2D eigenvalue weighted by molar-refractivity contribution is 6.32. The van der Waals surface area contributed by atoms with E-state index >= 15 is 0 Å². The predicted molar refractivity (Wildman–Crippen MR) is 228 cm³/mol. The number of hydrogen-bond donors (Lipinski definition) is 4. The van der Waals surface area contributed by atoms with Crippen LogP contribution in [0, 0.1) is 35.5 Å². The maximum Gasteiger partial charge on any atom is 0.407 e. The largest absolute Gasteiger partial charge is 0.453 e. The van der Waals surface area contributed by atoms with Crippen molar-refractivity contribution in [2.75, 3.05) is 40.6 Å². The van der Waals surface area contributed by atoms with Crippen molar-refractivity contribution in [3.05, 3.63) is 71.5 Å². The number of piperidine rings is 2. The van der Waals surface area contributed by atoms with Gasteiger partial charge in [-0.2, -0.15) is 0 Å². The number of methoxy groups -OCH3 is 2. The van der Waals surface area contributed by atoms with Crippen LogP contribution in [0.3, 0.4) is 0 Å². The molecule has 0 radical (unpaired) electrons. The molecule has 17 heteroatoms. The summed E-state index contributed by atoms with van der Waals surface area (Å²) < 4.78 is 20.9. The molecule has 5 aliphatic heterocycles. The van der Waals surface area contributed by atoms with Gasteiger partial charge in [0.1, 0.15) is 34.6 Å². The van der Waals surface area contributed by atoms with Gasteiger partial charge >= 0.3 is 12.2 Å². The molecule has 3 unspecified atom stereocenters. The van der Waals surface area contributed by atoms with Crippen LogP contribution < -0.4 is 10.6 Å². The van der Waals surface area contributed by atoms with Crippen LogP contribution in [0.5, 0.6) is 0 Å². The Kier molecular flexibility index (Phi) is 10.2. The highest BCUT2D eigenvalue weighted by Gasteiger charge is 2.86. The first-order valence-corrected chi connectivity index (χ1v) is 22.6. The third-order valence-corrected chi connectivity index (χ3v) is 15.2. The average Bonchev–Trinajstić information content (AvgIpc) is 4.16. The van der Waals surface area contributed by atoms with Gasteiger partial charge in [-0.25, -0.2) is 19.6 Å². The van der Waals surface area contributed by atoms with E-state index in [1.54, 1.807) is 0 Å². The molecule has 330 valence electrons. The summed E-state index contributed by atoms with van der Waals surface area (Å²) >= 11 is 6.84. The van der Waals surface area contributed by atoms with Crippen molar-refractivity contribution < 1.29 is 38.1 Å². The van der Waals surface area contributed by atoms with E-state index in [9.17, 15) is 19.2 Å². The highest BCUT2D eigenvalue weighted by Crippen LogP contribution is 2.81. The Bertz CT molecular complexity index is 2400. The summed E-state index contributed by atoms with van der Waals surface area (Å²) in [6, 6.07) is 14.9. The fourth-order valence-corrected chi connectivity index (χ4v) is 11.6. The van der Waals surface area contributed by atoms with E-state index in [4.69, 9.17) is 40.5 Å². The molecular formula is C46H51ClN8O8. The van der Waals surface area contributed by atoms with Gasteiger partial charge in [0, 0.05) is 44.1 Å².